The molecular weight excluding hydrogens is 395 g/mol. The van der Waals surface area contributed by atoms with Gasteiger partial charge in [-0.05, 0) is 61.6 Å². The molecule has 0 radical (unpaired) electrons. The number of piperidine rings is 1. The fourth-order valence-corrected chi connectivity index (χ4v) is 4.35. The maximum absolute atomic E-state index is 13.1. The van der Waals surface area contributed by atoms with E-state index in [0.717, 1.165) is 50.9 Å². The molecule has 0 N–H and O–H groups in total. The van der Waals surface area contributed by atoms with E-state index in [1.807, 2.05) is 34.1 Å². The van der Waals surface area contributed by atoms with Gasteiger partial charge in [0.25, 0.3) is 5.91 Å². The molecule has 2 aromatic carbocycles. The SMILES string of the molecule is O=C(Cc1ccc(F)cc1)N1CCCC(COc2cccc(C(=O)N3CCCC3)c2)C1. The normalized spacial score (nSPS) is 18.8. The van der Waals surface area contributed by atoms with Gasteiger partial charge in [0.15, 0.2) is 0 Å². The molecule has 0 aromatic heterocycles. The van der Waals surface area contributed by atoms with Crippen molar-refractivity contribution in [1.29, 1.82) is 0 Å². The number of hydrogen-bond donors (Lipinski definition) is 0. The van der Waals surface area contributed by atoms with E-state index >= 15 is 0 Å². The number of nitrogens with zero attached hydrogens (tertiary/aromatic N) is 2. The molecule has 4 rings (SSSR count). The van der Waals surface area contributed by atoms with Crippen LogP contribution in [0.4, 0.5) is 4.39 Å². The predicted molar refractivity (Wildman–Crippen MR) is 116 cm³/mol. The fraction of sp³-hybridized carbons (Fsp3) is 0.440. The molecule has 5 nitrogen and oxygen atoms in total. The lowest BCUT2D eigenvalue weighted by Gasteiger charge is -2.32. The van der Waals surface area contributed by atoms with Crippen LogP contribution in [-0.2, 0) is 11.2 Å². The van der Waals surface area contributed by atoms with E-state index in [4.69, 9.17) is 4.74 Å². The van der Waals surface area contributed by atoms with Crippen LogP contribution in [-0.4, -0.2) is 54.4 Å². The molecule has 2 fully saturated rings. The fourth-order valence-electron chi connectivity index (χ4n) is 4.35. The number of likely N-dealkylation sites (tertiary alicyclic amines) is 2. The molecule has 31 heavy (non-hydrogen) atoms. The smallest absolute Gasteiger partial charge is 0.253 e. The number of hydrogen-bond acceptors (Lipinski definition) is 3. The lowest BCUT2D eigenvalue weighted by Crippen LogP contribution is -2.42. The summed E-state index contributed by atoms with van der Waals surface area (Å²) in [5.41, 5.74) is 1.49. The Hall–Kier alpha value is -2.89. The summed E-state index contributed by atoms with van der Waals surface area (Å²) in [6.45, 7) is 3.58. The first-order valence-corrected chi connectivity index (χ1v) is 11.1. The maximum Gasteiger partial charge on any atom is 0.253 e. The second-order valence-corrected chi connectivity index (χ2v) is 8.49. The summed E-state index contributed by atoms with van der Waals surface area (Å²) in [4.78, 5) is 29.0. The van der Waals surface area contributed by atoms with E-state index in [1.165, 1.54) is 12.1 Å². The van der Waals surface area contributed by atoms with Crippen molar-refractivity contribution in [2.75, 3.05) is 32.8 Å². The zero-order chi connectivity index (χ0) is 21.6. The van der Waals surface area contributed by atoms with Crippen LogP contribution in [0.3, 0.4) is 0 Å². The Labute approximate surface area is 182 Å². The summed E-state index contributed by atoms with van der Waals surface area (Å²) >= 11 is 0. The number of halogens is 1. The quantitative estimate of drug-likeness (QED) is 0.706. The number of carbonyl (C=O) groups is 2. The van der Waals surface area contributed by atoms with Gasteiger partial charge >= 0.3 is 0 Å². The van der Waals surface area contributed by atoms with Gasteiger partial charge in [-0.25, -0.2) is 4.39 Å². The minimum absolute atomic E-state index is 0.0644. The van der Waals surface area contributed by atoms with Crippen LogP contribution in [0.15, 0.2) is 48.5 Å². The van der Waals surface area contributed by atoms with Crippen molar-refractivity contribution in [3.63, 3.8) is 0 Å². The summed E-state index contributed by atoms with van der Waals surface area (Å²) in [7, 11) is 0. The second kappa shape index (κ2) is 9.94. The summed E-state index contributed by atoms with van der Waals surface area (Å²) in [5.74, 6) is 0.786. The molecular formula is C25H29FN2O3. The van der Waals surface area contributed by atoms with E-state index in [0.29, 0.717) is 24.5 Å². The van der Waals surface area contributed by atoms with Crippen LogP contribution < -0.4 is 4.74 Å². The van der Waals surface area contributed by atoms with Crippen molar-refractivity contribution in [2.45, 2.75) is 32.1 Å². The summed E-state index contributed by atoms with van der Waals surface area (Å²) < 4.78 is 19.1. The highest BCUT2D eigenvalue weighted by atomic mass is 19.1. The van der Waals surface area contributed by atoms with Gasteiger partial charge in [-0.3, -0.25) is 9.59 Å². The van der Waals surface area contributed by atoms with E-state index in [9.17, 15) is 14.0 Å². The standard InChI is InChI=1S/C25H29FN2O3/c26-22-10-8-19(9-11-22)15-24(29)28-14-4-5-20(17-28)18-31-23-7-3-6-21(16-23)25(30)27-12-1-2-13-27/h3,6-11,16,20H,1-2,4-5,12-15,17-18H2. The third-order valence-electron chi connectivity index (χ3n) is 6.10. The Balaban J connectivity index is 1.29. The van der Waals surface area contributed by atoms with Gasteiger partial charge in [-0.2, -0.15) is 0 Å². The van der Waals surface area contributed by atoms with Crippen molar-refractivity contribution in [3.8, 4) is 5.75 Å². The summed E-state index contributed by atoms with van der Waals surface area (Å²) in [6, 6.07) is 13.5. The largest absolute Gasteiger partial charge is 0.493 e. The Bertz CT molecular complexity index is 909. The lowest BCUT2D eigenvalue weighted by molar-refractivity contribution is -0.132. The maximum atomic E-state index is 13.1. The highest BCUT2D eigenvalue weighted by Gasteiger charge is 2.24. The third kappa shape index (κ3) is 5.63. The van der Waals surface area contributed by atoms with Crippen LogP contribution in [0, 0.1) is 11.7 Å². The average molecular weight is 425 g/mol. The minimum Gasteiger partial charge on any atom is -0.493 e. The molecule has 1 atom stereocenters. The van der Waals surface area contributed by atoms with Crippen LogP contribution in [0.2, 0.25) is 0 Å². The molecule has 2 saturated heterocycles. The predicted octanol–water partition coefficient (Wildman–Crippen LogP) is 3.92. The Morgan fingerprint density at radius 3 is 2.48 bits per heavy atom. The molecule has 2 aliphatic heterocycles. The molecule has 164 valence electrons. The molecule has 2 amide bonds. The average Bonchev–Trinajstić information content (AvgIpc) is 3.34. The van der Waals surface area contributed by atoms with Gasteiger partial charge < -0.3 is 14.5 Å². The monoisotopic (exact) mass is 424 g/mol. The van der Waals surface area contributed by atoms with E-state index in [-0.39, 0.29) is 30.0 Å². The van der Waals surface area contributed by atoms with Crippen LogP contribution in [0.1, 0.15) is 41.6 Å². The molecule has 2 heterocycles. The molecule has 0 saturated carbocycles. The zero-order valence-corrected chi connectivity index (χ0v) is 17.8. The molecule has 2 aliphatic rings. The van der Waals surface area contributed by atoms with E-state index in [2.05, 4.69) is 0 Å². The molecule has 0 spiro atoms. The van der Waals surface area contributed by atoms with Crippen LogP contribution in [0.5, 0.6) is 5.75 Å². The summed E-state index contributed by atoms with van der Waals surface area (Å²) in [5, 5.41) is 0. The molecule has 2 aromatic rings. The Kier molecular flexibility index (Phi) is 6.85. The van der Waals surface area contributed by atoms with Gasteiger partial charge in [0.2, 0.25) is 5.91 Å². The third-order valence-corrected chi connectivity index (χ3v) is 6.10. The lowest BCUT2D eigenvalue weighted by atomic mass is 9.98. The van der Waals surface area contributed by atoms with Gasteiger partial charge in [0.05, 0.1) is 13.0 Å². The van der Waals surface area contributed by atoms with Crippen LogP contribution in [0.25, 0.3) is 0 Å². The van der Waals surface area contributed by atoms with Crippen molar-refractivity contribution in [3.05, 3.63) is 65.5 Å². The van der Waals surface area contributed by atoms with E-state index in [1.54, 1.807) is 12.1 Å². The van der Waals surface area contributed by atoms with Crippen LogP contribution >= 0.6 is 0 Å². The highest BCUT2D eigenvalue weighted by molar-refractivity contribution is 5.94. The molecule has 1 unspecified atom stereocenters. The van der Waals surface area contributed by atoms with Gasteiger partial charge in [-0.1, -0.05) is 18.2 Å². The first-order valence-electron chi connectivity index (χ1n) is 11.1. The van der Waals surface area contributed by atoms with Crippen molar-refractivity contribution < 1.29 is 18.7 Å². The topological polar surface area (TPSA) is 49.9 Å². The number of carbonyl (C=O) groups excluding carboxylic acids is 2. The molecule has 6 heteroatoms. The first-order chi connectivity index (χ1) is 15.1. The summed E-state index contributed by atoms with van der Waals surface area (Å²) in [6.07, 6.45) is 4.37. The van der Waals surface area contributed by atoms with Gasteiger partial charge in [-0.15, -0.1) is 0 Å². The van der Waals surface area contributed by atoms with Crippen molar-refractivity contribution in [2.24, 2.45) is 5.92 Å². The number of rotatable bonds is 6. The van der Waals surface area contributed by atoms with Gasteiger partial charge in [0.1, 0.15) is 11.6 Å². The Morgan fingerprint density at radius 1 is 0.968 bits per heavy atom. The first kappa shape index (κ1) is 21.3. The van der Waals surface area contributed by atoms with E-state index < -0.39 is 0 Å². The van der Waals surface area contributed by atoms with Gasteiger partial charge in [0, 0.05) is 37.7 Å². The number of amides is 2. The second-order valence-electron chi connectivity index (χ2n) is 8.49. The number of ether oxygens (including phenoxy) is 1. The highest BCUT2D eigenvalue weighted by Crippen LogP contribution is 2.22. The minimum atomic E-state index is -0.294. The Morgan fingerprint density at radius 2 is 1.71 bits per heavy atom. The number of benzene rings is 2. The molecule has 0 aliphatic carbocycles. The van der Waals surface area contributed by atoms with Crippen molar-refractivity contribution >= 4 is 11.8 Å². The van der Waals surface area contributed by atoms with Crippen molar-refractivity contribution in [1.82, 2.24) is 9.80 Å². The molecule has 0 bridgehead atoms. The zero-order valence-electron chi connectivity index (χ0n) is 17.8.